The van der Waals surface area contributed by atoms with Crippen molar-refractivity contribution in [2.75, 3.05) is 20.2 Å². The van der Waals surface area contributed by atoms with E-state index in [1.54, 1.807) is 7.11 Å². The molecule has 0 fully saturated rings. The zero-order valence-corrected chi connectivity index (χ0v) is 18.1. The van der Waals surface area contributed by atoms with E-state index in [1.807, 2.05) is 31.2 Å². The van der Waals surface area contributed by atoms with Crippen LogP contribution < -0.4 is 20.7 Å². The van der Waals surface area contributed by atoms with Gasteiger partial charge in [-0.2, -0.15) is 0 Å². The number of carbonyl (C=O) groups excluding carboxylic acids is 1. The van der Waals surface area contributed by atoms with Gasteiger partial charge in [-0.15, -0.1) is 24.0 Å². The molecule has 3 N–H and O–H groups in total. The van der Waals surface area contributed by atoms with Gasteiger partial charge < -0.3 is 20.7 Å². The summed E-state index contributed by atoms with van der Waals surface area (Å²) in [6, 6.07) is 7.89. The van der Waals surface area contributed by atoms with Crippen molar-refractivity contribution in [2.45, 2.75) is 40.3 Å². The van der Waals surface area contributed by atoms with Crippen LogP contribution in [-0.2, 0) is 11.3 Å². The molecule has 25 heavy (non-hydrogen) atoms. The van der Waals surface area contributed by atoms with Crippen LogP contribution in [0.5, 0.6) is 5.75 Å². The smallest absolute Gasteiger partial charge is 0.242 e. The van der Waals surface area contributed by atoms with Gasteiger partial charge in [-0.05, 0) is 37.5 Å². The van der Waals surface area contributed by atoms with Gasteiger partial charge in [-0.3, -0.25) is 4.79 Å². The Bertz CT molecular complexity index is 532. The minimum Gasteiger partial charge on any atom is -0.497 e. The van der Waals surface area contributed by atoms with E-state index in [0.29, 0.717) is 18.4 Å². The second kappa shape index (κ2) is 12.8. The molecule has 1 atom stereocenters. The van der Waals surface area contributed by atoms with Gasteiger partial charge in [0.15, 0.2) is 5.96 Å². The predicted octanol–water partition coefficient (Wildman–Crippen LogP) is 2.53. The first-order valence-electron chi connectivity index (χ1n) is 8.40. The van der Waals surface area contributed by atoms with Crippen LogP contribution in [0.25, 0.3) is 0 Å². The minimum absolute atomic E-state index is 0. The van der Waals surface area contributed by atoms with Crippen LogP contribution in [0.15, 0.2) is 29.3 Å². The van der Waals surface area contributed by atoms with E-state index in [-0.39, 0.29) is 42.5 Å². The Kier molecular flexibility index (Phi) is 12.0. The third-order valence-corrected chi connectivity index (χ3v) is 3.74. The van der Waals surface area contributed by atoms with Gasteiger partial charge in [0.1, 0.15) is 12.3 Å². The fourth-order valence-electron chi connectivity index (χ4n) is 1.85. The number of halogens is 1. The first-order valence-corrected chi connectivity index (χ1v) is 8.40. The number of amides is 1. The summed E-state index contributed by atoms with van der Waals surface area (Å²) in [5, 5.41) is 9.33. The third kappa shape index (κ3) is 9.52. The molecule has 0 saturated carbocycles. The number of carbonyl (C=O) groups is 1. The van der Waals surface area contributed by atoms with Gasteiger partial charge in [-0.25, -0.2) is 4.99 Å². The topological polar surface area (TPSA) is 74.8 Å². The van der Waals surface area contributed by atoms with E-state index >= 15 is 0 Å². The number of benzene rings is 1. The zero-order chi connectivity index (χ0) is 17.9. The molecule has 1 rings (SSSR count). The maximum Gasteiger partial charge on any atom is 0.242 e. The lowest BCUT2D eigenvalue weighted by molar-refractivity contribution is -0.119. The van der Waals surface area contributed by atoms with Crippen LogP contribution >= 0.6 is 24.0 Å². The van der Waals surface area contributed by atoms with Crippen molar-refractivity contribution in [2.24, 2.45) is 10.9 Å². The number of methoxy groups -OCH3 is 1. The average Bonchev–Trinajstić information content (AvgIpc) is 2.58. The summed E-state index contributed by atoms with van der Waals surface area (Å²) in [4.78, 5) is 16.3. The van der Waals surface area contributed by atoms with Gasteiger partial charge in [0.25, 0.3) is 0 Å². The Balaban J connectivity index is 0.00000576. The van der Waals surface area contributed by atoms with Crippen LogP contribution in [0.2, 0.25) is 0 Å². The Morgan fingerprint density at radius 2 is 1.80 bits per heavy atom. The fourth-order valence-corrected chi connectivity index (χ4v) is 1.85. The molecule has 1 amide bonds. The maximum atomic E-state index is 12.0. The van der Waals surface area contributed by atoms with Crippen molar-refractivity contribution < 1.29 is 9.53 Å². The van der Waals surface area contributed by atoms with E-state index in [9.17, 15) is 4.79 Å². The molecular formula is C18H31IN4O2. The summed E-state index contributed by atoms with van der Waals surface area (Å²) in [5.41, 5.74) is 1.02. The Hall–Kier alpha value is -1.51. The molecule has 142 valence electrons. The van der Waals surface area contributed by atoms with Crippen molar-refractivity contribution in [3.63, 3.8) is 0 Å². The number of aliphatic imine (C=N–C) groups is 1. The van der Waals surface area contributed by atoms with E-state index in [0.717, 1.165) is 17.9 Å². The third-order valence-electron chi connectivity index (χ3n) is 3.74. The molecule has 0 aliphatic carbocycles. The largest absolute Gasteiger partial charge is 0.497 e. The molecule has 1 unspecified atom stereocenters. The fraction of sp³-hybridized carbons (Fsp3) is 0.556. The lowest BCUT2D eigenvalue weighted by atomic mass is 10.1. The number of guanidine groups is 1. The molecule has 1 aromatic rings. The van der Waals surface area contributed by atoms with Crippen LogP contribution in [-0.4, -0.2) is 38.1 Å². The summed E-state index contributed by atoms with van der Waals surface area (Å²) in [6.45, 7) is 9.71. The molecule has 0 heterocycles. The number of ether oxygens (including phenoxy) is 1. The second-order valence-electron chi connectivity index (χ2n) is 6.00. The van der Waals surface area contributed by atoms with Crippen molar-refractivity contribution in [3.8, 4) is 5.75 Å². The van der Waals surface area contributed by atoms with Gasteiger partial charge in [-0.1, -0.05) is 26.0 Å². The summed E-state index contributed by atoms with van der Waals surface area (Å²) in [5.74, 6) is 1.84. The Morgan fingerprint density at radius 3 is 2.32 bits per heavy atom. The first-order chi connectivity index (χ1) is 11.5. The molecule has 0 spiro atoms. The molecule has 0 aliphatic heterocycles. The molecule has 0 radical (unpaired) electrons. The highest BCUT2D eigenvalue weighted by atomic mass is 127. The molecule has 1 aromatic carbocycles. The molecule has 0 bridgehead atoms. The van der Waals surface area contributed by atoms with E-state index in [1.165, 1.54) is 0 Å². The van der Waals surface area contributed by atoms with Crippen LogP contribution in [0.1, 0.15) is 33.3 Å². The minimum atomic E-state index is -0.111. The summed E-state index contributed by atoms with van der Waals surface area (Å²) in [7, 11) is 1.63. The van der Waals surface area contributed by atoms with Gasteiger partial charge in [0.2, 0.25) is 5.91 Å². The zero-order valence-electron chi connectivity index (χ0n) is 15.8. The summed E-state index contributed by atoms with van der Waals surface area (Å²) >= 11 is 0. The van der Waals surface area contributed by atoms with Crippen LogP contribution in [0.3, 0.4) is 0 Å². The van der Waals surface area contributed by atoms with E-state index in [4.69, 9.17) is 4.74 Å². The Morgan fingerprint density at radius 1 is 1.16 bits per heavy atom. The molecule has 0 saturated heterocycles. The highest BCUT2D eigenvalue weighted by Crippen LogP contribution is 2.10. The van der Waals surface area contributed by atoms with Gasteiger partial charge in [0.05, 0.1) is 7.11 Å². The second-order valence-corrected chi connectivity index (χ2v) is 6.00. The Labute approximate surface area is 168 Å². The summed E-state index contributed by atoms with van der Waals surface area (Å²) in [6.07, 6.45) is 0. The monoisotopic (exact) mass is 462 g/mol. The normalized spacial score (nSPS) is 12.2. The summed E-state index contributed by atoms with van der Waals surface area (Å²) < 4.78 is 5.11. The number of hydrogen-bond acceptors (Lipinski definition) is 3. The molecule has 0 aromatic heterocycles. The molecular weight excluding hydrogens is 431 g/mol. The molecule has 6 nitrogen and oxygen atoms in total. The lowest BCUT2D eigenvalue weighted by Crippen LogP contribution is -2.44. The van der Waals surface area contributed by atoms with Crippen molar-refractivity contribution in [3.05, 3.63) is 29.8 Å². The SMILES string of the molecule is CCNC(=NCC(=O)NCc1ccc(OC)cc1)NC(C)C(C)C.I. The van der Waals surface area contributed by atoms with E-state index < -0.39 is 0 Å². The van der Waals surface area contributed by atoms with Crippen molar-refractivity contribution in [1.82, 2.24) is 16.0 Å². The number of nitrogens with one attached hydrogen (secondary N) is 3. The van der Waals surface area contributed by atoms with Gasteiger partial charge in [0, 0.05) is 19.1 Å². The lowest BCUT2D eigenvalue weighted by Gasteiger charge is -2.20. The molecule has 7 heteroatoms. The number of nitrogens with zero attached hydrogens (tertiary/aromatic N) is 1. The van der Waals surface area contributed by atoms with Crippen molar-refractivity contribution in [1.29, 1.82) is 0 Å². The maximum absolute atomic E-state index is 12.0. The van der Waals surface area contributed by atoms with E-state index in [2.05, 4.69) is 41.7 Å². The van der Waals surface area contributed by atoms with Crippen LogP contribution in [0.4, 0.5) is 0 Å². The number of rotatable bonds is 8. The standard InChI is InChI=1S/C18H30N4O2.HI/c1-6-19-18(22-14(4)13(2)3)21-12-17(23)20-11-15-7-9-16(24-5)10-8-15;/h7-10,13-14H,6,11-12H2,1-5H3,(H,20,23)(H2,19,21,22);1H. The van der Waals surface area contributed by atoms with Gasteiger partial charge >= 0.3 is 0 Å². The quantitative estimate of drug-likeness (QED) is 0.316. The first kappa shape index (κ1) is 23.5. The molecule has 0 aliphatic rings. The highest BCUT2D eigenvalue weighted by Gasteiger charge is 2.09. The number of hydrogen-bond donors (Lipinski definition) is 3. The van der Waals surface area contributed by atoms with Crippen LogP contribution in [0, 0.1) is 5.92 Å². The van der Waals surface area contributed by atoms with Crippen molar-refractivity contribution >= 4 is 35.8 Å². The highest BCUT2D eigenvalue weighted by molar-refractivity contribution is 14.0. The predicted molar refractivity (Wildman–Crippen MR) is 114 cm³/mol. The average molecular weight is 462 g/mol.